The molecule has 2 aliphatic heterocycles. The van der Waals surface area contributed by atoms with Gasteiger partial charge in [-0.2, -0.15) is 0 Å². The SMILES string of the molecule is CN1CC[C@H]2CN(C(C)(C)C)C[C@H]21. The van der Waals surface area contributed by atoms with Crippen LogP contribution >= 0.6 is 0 Å². The van der Waals surface area contributed by atoms with Crippen LogP contribution < -0.4 is 0 Å². The third kappa shape index (κ3) is 1.62. The molecule has 0 saturated carbocycles. The molecule has 13 heavy (non-hydrogen) atoms. The van der Waals surface area contributed by atoms with Crippen LogP contribution in [0.15, 0.2) is 0 Å². The normalized spacial score (nSPS) is 36.9. The van der Waals surface area contributed by atoms with E-state index in [0.717, 1.165) is 12.0 Å². The number of nitrogens with zero attached hydrogens (tertiary/aromatic N) is 2. The van der Waals surface area contributed by atoms with Crippen molar-refractivity contribution in [3.05, 3.63) is 0 Å². The van der Waals surface area contributed by atoms with Crippen LogP contribution in [0.5, 0.6) is 0 Å². The summed E-state index contributed by atoms with van der Waals surface area (Å²) in [4.78, 5) is 5.18. The molecule has 0 amide bonds. The number of rotatable bonds is 0. The lowest BCUT2D eigenvalue weighted by atomic mass is 10.0. The predicted octanol–water partition coefficient (Wildman–Crippen LogP) is 1.42. The Labute approximate surface area is 81.9 Å². The van der Waals surface area contributed by atoms with Gasteiger partial charge >= 0.3 is 0 Å². The summed E-state index contributed by atoms with van der Waals surface area (Å²) in [6.45, 7) is 10.9. The zero-order chi connectivity index (χ0) is 9.64. The van der Waals surface area contributed by atoms with E-state index in [2.05, 4.69) is 37.6 Å². The molecule has 0 spiro atoms. The van der Waals surface area contributed by atoms with Crippen molar-refractivity contribution in [2.45, 2.75) is 38.8 Å². The van der Waals surface area contributed by atoms with E-state index in [9.17, 15) is 0 Å². The van der Waals surface area contributed by atoms with Gasteiger partial charge in [-0.3, -0.25) is 4.90 Å². The molecule has 0 aromatic rings. The van der Waals surface area contributed by atoms with Crippen molar-refractivity contribution < 1.29 is 0 Å². The standard InChI is InChI=1S/C11H22N2/c1-11(2,3)13-7-9-5-6-12(4)10(9)8-13/h9-10H,5-8H2,1-4H3/t9-,10+/m0/s1. The van der Waals surface area contributed by atoms with E-state index in [1.54, 1.807) is 0 Å². The summed E-state index contributed by atoms with van der Waals surface area (Å²) in [6, 6.07) is 0.847. The number of likely N-dealkylation sites (N-methyl/N-ethyl adjacent to an activating group) is 1. The quantitative estimate of drug-likeness (QED) is 0.559. The van der Waals surface area contributed by atoms with Crippen LogP contribution in [0, 0.1) is 5.92 Å². The molecule has 2 nitrogen and oxygen atoms in total. The van der Waals surface area contributed by atoms with E-state index in [0.29, 0.717) is 5.54 Å². The Bertz CT molecular complexity index is 195. The number of likely N-dealkylation sites (tertiary alicyclic amines) is 2. The molecule has 2 heteroatoms. The van der Waals surface area contributed by atoms with Crippen molar-refractivity contribution in [3.63, 3.8) is 0 Å². The molecule has 2 fully saturated rings. The van der Waals surface area contributed by atoms with Crippen LogP contribution in [0.25, 0.3) is 0 Å². The smallest absolute Gasteiger partial charge is 0.0261 e. The monoisotopic (exact) mass is 182 g/mol. The third-order valence-electron chi connectivity index (χ3n) is 3.77. The van der Waals surface area contributed by atoms with Crippen LogP contribution in [0.3, 0.4) is 0 Å². The molecule has 0 aromatic heterocycles. The zero-order valence-corrected chi connectivity index (χ0v) is 9.38. The van der Waals surface area contributed by atoms with Crippen molar-refractivity contribution >= 4 is 0 Å². The number of fused-ring (bicyclic) bond motifs is 1. The average Bonchev–Trinajstić information content (AvgIpc) is 2.51. The second-order valence-corrected chi connectivity index (χ2v) is 5.67. The lowest BCUT2D eigenvalue weighted by Gasteiger charge is -2.33. The summed E-state index contributed by atoms with van der Waals surface area (Å²) in [6.07, 6.45) is 1.41. The molecule has 0 bridgehead atoms. The number of hydrogen-bond donors (Lipinski definition) is 0. The predicted molar refractivity (Wildman–Crippen MR) is 55.9 cm³/mol. The van der Waals surface area contributed by atoms with Crippen molar-refractivity contribution in [2.75, 3.05) is 26.7 Å². The molecule has 0 unspecified atom stereocenters. The Kier molecular flexibility index (Phi) is 2.16. The van der Waals surface area contributed by atoms with Gasteiger partial charge in [0.2, 0.25) is 0 Å². The van der Waals surface area contributed by atoms with Crippen LogP contribution in [-0.2, 0) is 0 Å². The van der Waals surface area contributed by atoms with Gasteiger partial charge in [-0.15, -0.1) is 0 Å². The average molecular weight is 182 g/mol. The summed E-state index contributed by atoms with van der Waals surface area (Å²) < 4.78 is 0. The van der Waals surface area contributed by atoms with Gasteiger partial charge in [0.1, 0.15) is 0 Å². The fourth-order valence-electron chi connectivity index (χ4n) is 2.72. The van der Waals surface area contributed by atoms with Gasteiger partial charge in [-0.25, -0.2) is 0 Å². The molecule has 76 valence electrons. The van der Waals surface area contributed by atoms with Gasteiger partial charge in [0.25, 0.3) is 0 Å². The van der Waals surface area contributed by atoms with E-state index in [1.165, 1.54) is 26.1 Å². The van der Waals surface area contributed by atoms with E-state index in [4.69, 9.17) is 0 Å². The molecule has 2 saturated heterocycles. The Hall–Kier alpha value is -0.0800. The van der Waals surface area contributed by atoms with Gasteiger partial charge < -0.3 is 4.90 Å². The zero-order valence-electron chi connectivity index (χ0n) is 9.38. The summed E-state index contributed by atoms with van der Waals surface area (Å²) in [5.74, 6) is 0.948. The molecule has 2 atom stereocenters. The fraction of sp³-hybridized carbons (Fsp3) is 1.00. The summed E-state index contributed by atoms with van der Waals surface area (Å²) >= 11 is 0. The molecule has 2 rings (SSSR count). The van der Waals surface area contributed by atoms with Crippen LogP contribution in [-0.4, -0.2) is 48.1 Å². The summed E-state index contributed by atoms with van der Waals surface area (Å²) in [7, 11) is 2.27. The molecule has 0 aliphatic carbocycles. The first-order chi connectivity index (χ1) is 5.98. The van der Waals surface area contributed by atoms with Gasteiger partial charge in [0.15, 0.2) is 0 Å². The highest BCUT2D eigenvalue weighted by Crippen LogP contribution is 2.33. The molecule has 2 aliphatic rings. The van der Waals surface area contributed by atoms with Crippen molar-refractivity contribution in [2.24, 2.45) is 5.92 Å². The van der Waals surface area contributed by atoms with Gasteiger partial charge in [0.05, 0.1) is 0 Å². The minimum absolute atomic E-state index is 0.366. The first kappa shape index (κ1) is 9.47. The van der Waals surface area contributed by atoms with Crippen LogP contribution in [0.4, 0.5) is 0 Å². The second-order valence-electron chi connectivity index (χ2n) is 5.67. The maximum absolute atomic E-state index is 2.64. The highest BCUT2D eigenvalue weighted by Gasteiger charge is 2.42. The highest BCUT2D eigenvalue weighted by molar-refractivity contribution is 4.98. The molecule has 0 N–H and O–H groups in total. The van der Waals surface area contributed by atoms with Gasteiger partial charge in [0, 0.05) is 24.7 Å². The minimum atomic E-state index is 0.366. The Balaban J connectivity index is 2.03. The topological polar surface area (TPSA) is 6.48 Å². The van der Waals surface area contributed by atoms with Crippen molar-refractivity contribution in [3.8, 4) is 0 Å². The molecular weight excluding hydrogens is 160 g/mol. The van der Waals surface area contributed by atoms with Crippen molar-refractivity contribution in [1.82, 2.24) is 9.80 Å². The Morgan fingerprint density at radius 2 is 1.85 bits per heavy atom. The molecule has 0 radical (unpaired) electrons. The highest BCUT2D eigenvalue weighted by atomic mass is 15.3. The maximum atomic E-state index is 2.64. The minimum Gasteiger partial charge on any atom is -0.302 e. The second kappa shape index (κ2) is 2.96. The number of hydrogen-bond acceptors (Lipinski definition) is 2. The van der Waals surface area contributed by atoms with Crippen LogP contribution in [0.2, 0.25) is 0 Å². The van der Waals surface area contributed by atoms with Crippen molar-refractivity contribution in [1.29, 1.82) is 0 Å². The largest absolute Gasteiger partial charge is 0.302 e. The van der Waals surface area contributed by atoms with Crippen LogP contribution in [0.1, 0.15) is 27.2 Å². The summed E-state index contributed by atoms with van der Waals surface area (Å²) in [5, 5.41) is 0. The molecular formula is C11H22N2. The lowest BCUT2D eigenvalue weighted by Crippen LogP contribution is -2.42. The Morgan fingerprint density at radius 1 is 1.15 bits per heavy atom. The van der Waals surface area contributed by atoms with Gasteiger partial charge in [-0.05, 0) is 46.7 Å². The fourth-order valence-corrected chi connectivity index (χ4v) is 2.72. The third-order valence-corrected chi connectivity index (χ3v) is 3.77. The van der Waals surface area contributed by atoms with E-state index in [-0.39, 0.29) is 0 Å². The molecule has 2 heterocycles. The van der Waals surface area contributed by atoms with E-state index < -0.39 is 0 Å². The summed E-state index contributed by atoms with van der Waals surface area (Å²) in [5.41, 5.74) is 0.366. The first-order valence-electron chi connectivity index (χ1n) is 5.44. The lowest BCUT2D eigenvalue weighted by molar-refractivity contribution is 0.151. The Morgan fingerprint density at radius 3 is 2.38 bits per heavy atom. The molecule has 0 aromatic carbocycles. The van der Waals surface area contributed by atoms with Gasteiger partial charge in [-0.1, -0.05) is 0 Å². The first-order valence-corrected chi connectivity index (χ1v) is 5.44. The maximum Gasteiger partial charge on any atom is 0.0261 e. The van der Waals surface area contributed by atoms with E-state index >= 15 is 0 Å². The van der Waals surface area contributed by atoms with E-state index in [1.807, 2.05) is 0 Å².